The Kier molecular flexibility index (Phi) is 4.10. The minimum Gasteiger partial charge on any atom is -0.308 e. The molecule has 1 saturated heterocycles. The van der Waals surface area contributed by atoms with Gasteiger partial charge < -0.3 is 4.90 Å². The lowest BCUT2D eigenvalue weighted by Crippen LogP contribution is -2.26. The van der Waals surface area contributed by atoms with Gasteiger partial charge in [0.15, 0.2) is 0 Å². The van der Waals surface area contributed by atoms with Gasteiger partial charge in [-0.15, -0.1) is 0 Å². The third-order valence-corrected chi connectivity index (χ3v) is 4.34. The molecule has 17 heavy (non-hydrogen) atoms. The van der Waals surface area contributed by atoms with Crippen LogP contribution in [0.1, 0.15) is 6.42 Å². The summed E-state index contributed by atoms with van der Waals surface area (Å²) in [5.74, 6) is -0.355. The van der Waals surface area contributed by atoms with Crippen LogP contribution in [0.15, 0.2) is 16.6 Å². The fourth-order valence-corrected chi connectivity index (χ4v) is 3.20. The minimum absolute atomic E-state index is 0.0856. The van der Waals surface area contributed by atoms with Crippen LogP contribution in [-0.4, -0.2) is 17.8 Å². The van der Waals surface area contributed by atoms with E-state index in [-0.39, 0.29) is 22.5 Å². The molecule has 0 saturated carbocycles. The van der Waals surface area contributed by atoms with Gasteiger partial charge in [0, 0.05) is 22.8 Å². The highest BCUT2D eigenvalue weighted by Gasteiger charge is 2.32. The predicted octanol–water partition coefficient (Wildman–Crippen LogP) is 3.99. The number of alkyl halides is 1. The molecule has 1 aliphatic heterocycles. The lowest BCUT2D eigenvalue weighted by Gasteiger charge is -2.19. The van der Waals surface area contributed by atoms with E-state index in [0.29, 0.717) is 17.4 Å². The number of benzene rings is 1. The average molecular weight is 385 g/mol. The zero-order valence-electron chi connectivity index (χ0n) is 8.72. The second-order valence-electron chi connectivity index (χ2n) is 3.95. The first-order valence-corrected chi connectivity index (χ1v) is 7.33. The number of nitrogens with zero attached hydrogens (tertiary/aromatic N) is 1. The molecule has 92 valence electrons. The van der Waals surface area contributed by atoms with Gasteiger partial charge in [-0.1, -0.05) is 43.5 Å². The van der Waals surface area contributed by atoms with Crippen molar-refractivity contribution >= 4 is 55.1 Å². The van der Waals surface area contributed by atoms with E-state index in [4.69, 9.17) is 11.6 Å². The first-order chi connectivity index (χ1) is 8.02. The molecule has 2 rings (SSSR count). The minimum atomic E-state index is -0.479. The number of rotatable bonds is 2. The van der Waals surface area contributed by atoms with E-state index in [1.807, 2.05) is 0 Å². The Balaban J connectivity index is 2.38. The molecule has 1 aromatic rings. The Morgan fingerprint density at radius 3 is 2.76 bits per heavy atom. The van der Waals surface area contributed by atoms with E-state index < -0.39 is 5.82 Å². The van der Waals surface area contributed by atoms with Gasteiger partial charge in [0.2, 0.25) is 5.91 Å². The van der Waals surface area contributed by atoms with Crippen LogP contribution in [0.25, 0.3) is 0 Å². The normalized spacial score (nSPS) is 20.1. The third kappa shape index (κ3) is 2.66. The summed E-state index contributed by atoms with van der Waals surface area (Å²) in [5.41, 5.74) is 0.184. The first kappa shape index (κ1) is 13.3. The van der Waals surface area contributed by atoms with Crippen molar-refractivity contribution in [1.29, 1.82) is 0 Å². The van der Waals surface area contributed by atoms with Gasteiger partial charge in [0.1, 0.15) is 5.82 Å². The Morgan fingerprint density at radius 2 is 2.24 bits per heavy atom. The number of hydrogen-bond acceptors (Lipinski definition) is 1. The first-order valence-electron chi connectivity index (χ1n) is 5.03. The number of hydrogen-bond donors (Lipinski definition) is 0. The van der Waals surface area contributed by atoms with Crippen molar-refractivity contribution in [1.82, 2.24) is 0 Å². The molecule has 1 aliphatic rings. The van der Waals surface area contributed by atoms with E-state index in [1.165, 1.54) is 11.0 Å². The zero-order valence-corrected chi connectivity index (χ0v) is 12.6. The number of carbonyl (C=O) groups is 1. The Morgan fingerprint density at radius 1 is 1.53 bits per heavy atom. The van der Waals surface area contributed by atoms with Gasteiger partial charge >= 0.3 is 0 Å². The molecular weight excluding hydrogens is 376 g/mol. The van der Waals surface area contributed by atoms with E-state index in [1.54, 1.807) is 6.07 Å². The molecule has 1 unspecified atom stereocenters. The summed E-state index contributed by atoms with van der Waals surface area (Å²) < 4.78 is 14.4. The van der Waals surface area contributed by atoms with Crippen LogP contribution in [0.4, 0.5) is 10.1 Å². The Bertz CT molecular complexity index is 446. The van der Waals surface area contributed by atoms with Gasteiger partial charge in [-0.2, -0.15) is 0 Å². The second kappa shape index (κ2) is 5.24. The third-order valence-electron chi connectivity index (χ3n) is 2.67. The fraction of sp³-hybridized carbons (Fsp3) is 0.364. The van der Waals surface area contributed by atoms with Gasteiger partial charge in [0.25, 0.3) is 0 Å². The summed E-state index contributed by atoms with van der Waals surface area (Å²) in [6.07, 6.45) is 0.428. The molecule has 1 amide bonds. The van der Waals surface area contributed by atoms with Gasteiger partial charge in [-0.25, -0.2) is 4.39 Å². The van der Waals surface area contributed by atoms with Crippen molar-refractivity contribution in [2.24, 2.45) is 5.92 Å². The molecule has 0 aliphatic carbocycles. The topological polar surface area (TPSA) is 20.3 Å². The van der Waals surface area contributed by atoms with Crippen LogP contribution in [0.3, 0.4) is 0 Å². The molecule has 6 heteroatoms. The van der Waals surface area contributed by atoms with E-state index in [9.17, 15) is 9.18 Å². The molecule has 2 nitrogen and oxygen atoms in total. The van der Waals surface area contributed by atoms with Gasteiger partial charge in [-0.3, -0.25) is 4.79 Å². The SMILES string of the molecule is O=C1CC(CBr)CN1c1c(F)cc(Br)cc1Cl. The van der Waals surface area contributed by atoms with E-state index >= 15 is 0 Å². The summed E-state index contributed by atoms with van der Waals surface area (Å²) in [7, 11) is 0. The number of carbonyl (C=O) groups excluding carboxylic acids is 1. The maximum atomic E-state index is 13.8. The van der Waals surface area contributed by atoms with Crippen molar-refractivity contribution in [2.75, 3.05) is 16.8 Å². The number of halogens is 4. The molecule has 1 heterocycles. The summed E-state index contributed by atoms with van der Waals surface area (Å²) in [6, 6.07) is 2.91. The van der Waals surface area contributed by atoms with Crippen molar-refractivity contribution in [3.63, 3.8) is 0 Å². The maximum Gasteiger partial charge on any atom is 0.227 e. The molecule has 1 atom stereocenters. The van der Waals surface area contributed by atoms with Crippen molar-refractivity contribution < 1.29 is 9.18 Å². The summed E-state index contributed by atoms with van der Waals surface area (Å²) in [4.78, 5) is 13.2. The zero-order chi connectivity index (χ0) is 12.6. The highest BCUT2D eigenvalue weighted by molar-refractivity contribution is 9.10. The molecule has 0 bridgehead atoms. The smallest absolute Gasteiger partial charge is 0.227 e. The van der Waals surface area contributed by atoms with Crippen LogP contribution in [0.2, 0.25) is 5.02 Å². The van der Waals surface area contributed by atoms with Crippen LogP contribution in [-0.2, 0) is 4.79 Å². The van der Waals surface area contributed by atoms with Crippen LogP contribution >= 0.6 is 43.5 Å². The van der Waals surface area contributed by atoms with Crippen molar-refractivity contribution in [2.45, 2.75) is 6.42 Å². The largest absolute Gasteiger partial charge is 0.308 e. The van der Waals surface area contributed by atoms with Crippen LogP contribution < -0.4 is 4.90 Å². The van der Waals surface area contributed by atoms with E-state index in [0.717, 1.165) is 5.33 Å². The Hall–Kier alpha value is -0.130. The van der Waals surface area contributed by atoms with Crippen molar-refractivity contribution in [3.8, 4) is 0 Å². The molecule has 0 aromatic heterocycles. The quantitative estimate of drug-likeness (QED) is 0.705. The average Bonchev–Trinajstić information content (AvgIpc) is 2.59. The highest BCUT2D eigenvalue weighted by atomic mass is 79.9. The molecule has 0 N–H and O–H groups in total. The molecule has 0 radical (unpaired) electrons. The molecule has 0 spiro atoms. The highest BCUT2D eigenvalue weighted by Crippen LogP contribution is 2.36. The lowest BCUT2D eigenvalue weighted by molar-refractivity contribution is -0.117. The van der Waals surface area contributed by atoms with E-state index in [2.05, 4.69) is 31.9 Å². The molecule has 1 aromatic carbocycles. The number of amides is 1. The Labute approximate surface area is 120 Å². The molecular formula is C11H9Br2ClFNO. The fourth-order valence-electron chi connectivity index (χ4n) is 1.89. The lowest BCUT2D eigenvalue weighted by atomic mass is 10.2. The summed E-state index contributed by atoms with van der Waals surface area (Å²) >= 11 is 12.5. The predicted molar refractivity (Wildman–Crippen MR) is 73.4 cm³/mol. The monoisotopic (exact) mass is 383 g/mol. The maximum absolute atomic E-state index is 13.8. The summed E-state index contributed by atoms with van der Waals surface area (Å²) in [5, 5.41) is 0.978. The number of anilines is 1. The summed E-state index contributed by atoms with van der Waals surface area (Å²) in [6.45, 7) is 0.502. The van der Waals surface area contributed by atoms with Gasteiger partial charge in [-0.05, 0) is 18.1 Å². The second-order valence-corrected chi connectivity index (χ2v) is 5.92. The van der Waals surface area contributed by atoms with Gasteiger partial charge in [0.05, 0.1) is 10.7 Å². The molecule has 1 fully saturated rings. The van der Waals surface area contributed by atoms with Crippen LogP contribution in [0.5, 0.6) is 0 Å². The standard InChI is InChI=1S/C11H9Br2ClFNO/c12-4-6-1-10(17)16(5-6)11-8(14)2-7(13)3-9(11)15/h2-3,6H,1,4-5H2. The van der Waals surface area contributed by atoms with Crippen molar-refractivity contribution in [3.05, 3.63) is 27.4 Å². The van der Waals surface area contributed by atoms with Crippen LogP contribution in [0, 0.1) is 11.7 Å².